The third-order valence-electron chi connectivity index (χ3n) is 6.96. The summed E-state index contributed by atoms with van der Waals surface area (Å²) < 4.78 is 0. The van der Waals surface area contributed by atoms with Crippen LogP contribution in [0, 0.1) is 0 Å². The van der Waals surface area contributed by atoms with E-state index in [1.807, 2.05) is 24.0 Å². The molecule has 1 unspecified atom stereocenters. The first-order chi connectivity index (χ1) is 17.9. The predicted molar refractivity (Wildman–Crippen MR) is 140 cm³/mol. The summed E-state index contributed by atoms with van der Waals surface area (Å²) in [5.41, 5.74) is 7.39. The second-order valence-corrected chi connectivity index (χ2v) is 9.42. The van der Waals surface area contributed by atoms with Crippen LogP contribution in [0.2, 0.25) is 0 Å². The lowest BCUT2D eigenvalue weighted by atomic mass is 9.89. The highest BCUT2D eigenvalue weighted by molar-refractivity contribution is 5.96. The maximum absolute atomic E-state index is 12.0. The number of aromatic nitrogens is 3. The molecule has 3 heterocycles. The van der Waals surface area contributed by atoms with Crippen LogP contribution >= 0.6 is 0 Å². The highest BCUT2D eigenvalue weighted by Crippen LogP contribution is 2.30. The van der Waals surface area contributed by atoms with Crippen molar-refractivity contribution >= 4 is 35.2 Å². The van der Waals surface area contributed by atoms with Crippen molar-refractivity contribution in [2.45, 2.75) is 51.0 Å². The summed E-state index contributed by atoms with van der Waals surface area (Å²) in [6.45, 7) is 8.19. The Kier molecular flexibility index (Phi) is 8.32. The lowest BCUT2D eigenvalue weighted by Gasteiger charge is -2.32. The number of likely N-dealkylation sites (tertiary alicyclic amines) is 2. The van der Waals surface area contributed by atoms with Crippen molar-refractivity contribution in [1.82, 2.24) is 25.0 Å². The molecule has 0 saturated carbocycles. The Morgan fingerprint density at radius 2 is 1.81 bits per heavy atom. The van der Waals surface area contributed by atoms with E-state index in [1.165, 1.54) is 11.6 Å². The van der Waals surface area contributed by atoms with Crippen LogP contribution in [0.3, 0.4) is 0 Å². The molecule has 2 saturated heterocycles. The van der Waals surface area contributed by atoms with Gasteiger partial charge in [-0.2, -0.15) is 4.98 Å². The number of amides is 3. The number of hydrogen-bond acceptors (Lipinski definition) is 8. The first-order valence-electron chi connectivity index (χ1n) is 12.7. The number of carbonyl (C=O) groups excluding carboxylic acids is 3. The third kappa shape index (κ3) is 6.41. The molecular formula is C26H34N8O3. The summed E-state index contributed by atoms with van der Waals surface area (Å²) in [6, 6.07) is 7.91. The number of anilines is 3. The molecule has 2 aliphatic rings. The zero-order chi connectivity index (χ0) is 26.4. The van der Waals surface area contributed by atoms with Crippen molar-refractivity contribution in [1.29, 1.82) is 0 Å². The van der Waals surface area contributed by atoms with Gasteiger partial charge in [0.25, 0.3) is 5.91 Å². The minimum atomic E-state index is -0.737. The Balaban J connectivity index is 1.43. The minimum Gasteiger partial charge on any atom is -0.364 e. The molecule has 0 spiro atoms. The van der Waals surface area contributed by atoms with Crippen LogP contribution in [0.1, 0.15) is 61.0 Å². The number of carbonyl (C=O) groups is 3. The monoisotopic (exact) mass is 506 g/mol. The summed E-state index contributed by atoms with van der Waals surface area (Å²) in [5.74, 6) is 0.214. The van der Waals surface area contributed by atoms with E-state index in [0.29, 0.717) is 25.4 Å². The summed E-state index contributed by atoms with van der Waals surface area (Å²) in [6.07, 6.45) is 5.42. The lowest BCUT2D eigenvalue weighted by molar-refractivity contribution is -0.132. The van der Waals surface area contributed by atoms with Gasteiger partial charge < -0.3 is 26.2 Å². The number of nitrogens with one attached hydrogen (secondary N) is 2. The van der Waals surface area contributed by atoms with Crippen LogP contribution in [0.25, 0.3) is 0 Å². The summed E-state index contributed by atoms with van der Waals surface area (Å²) in [7, 11) is 0. The van der Waals surface area contributed by atoms with Crippen LogP contribution in [-0.4, -0.2) is 74.9 Å². The topological polar surface area (TPSA) is 146 Å². The Hall–Kier alpha value is -4.02. The standard InChI is InChI=1S/C26H34N8O3/c1-3-21(35)33-14-11-18(12-15-33)17-7-9-19(10-8-17)28-25-23(24(27)37)31-32-26(30-25)29-20-6-5-13-34(16-20)22(36)4-2/h4,7-10,18,20H,2-3,5-6,11-16H2,1H3,(H2,27,37)(H2,28,29,30,32). The SMILES string of the molecule is C=CC(=O)N1CCCC(Nc2nnc(C(N)=O)c(Nc3ccc(C4CCN(C(=O)CC)CC4)cc3)n2)C1. The lowest BCUT2D eigenvalue weighted by Crippen LogP contribution is -2.44. The fraction of sp³-hybridized carbons (Fsp3) is 0.462. The number of nitrogens with zero attached hydrogens (tertiary/aromatic N) is 5. The third-order valence-corrected chi connectivity index (χ3v) is 6.96. The zero-order valence-electron chi connectivity index (χ0n) is 21.2. The predicted octanol–water partition coefficient (Wildman–Crippen LogP) is 2.42. The Bertz CT molecular complexity index is 1150. The van der Waals surface area contributed by atoms with E-state index in [-0.39, 0.29) is 35.3 Å². The summed E-state index contributed by atoms with van der Waals surface area (Å²) in [4.78, 5) is 44.0. The van der Waals surface area contributed by atoms with Crippen LogP contribution in [0.5, 0.6) is 0 Å². The van der Waals surface area contributed by atoms with Crippen molar-refractivity contribution in [3.63, 3.8) is 0 Å². The smallest absolute Gasteiger partial charge is 0.273 e. The number of hydrogen-bond donors (Lipinski definition) is 3. The molecule has 1 atom stereocenters. The van der Waals surface area contributed by atoms with Gasteiger partial charge in [-0.05, 0) is 55.4 Å². The number of nitrogens with two attached hydrogens (primary N) is 1. The van der Waals surface area contributed by atoms with Gasteiger partial charge in [0.1, 0.15) is 0 Å². The Morgan fingerprint density at radius 1 is 1.08 bits per heavy atom. The molecule has 2 aliphatic heterocycles. The molecule has 4 rings (SSSR count). The normalized spacial score (nSPS) is 18.2. The molecule has 0 bridgehead atoms. The van der Waals surface area contributed by atoms with Crippen molar-refractivity contribution in [3.05, 3.63) is 48.2 Å². The van der Waals surface area contributed by atoms with Gasteiger partial charge in [0.05, 0.1) is 0 Å². The van der Waals surface area contributed by atoms with Crippen LogP contribution in [-0.2, 0) is 9.59 Å². The molecule has 3 amide bonds. The van der Waals surface area contributed by atoms with Gasteiger partial charge in [0.2, 0.25) is 17.8 Å². The Labute approximate surface area is 216 Å². The largest absolute Gasteiger partial charge is 0.364 e. The average molecular weight is 507 g/mol. The van der Waals surface area contributed by atoms with E-state index in [4.69, 9.17) is 5.73 Å². The molecule has 196 valence electrons. The molecule has 2 aromatic rings. The molecule has 0 radical (unpaired) electrons. The van der Waals surface area contributed by atoms with Crippen LogP contribution < -0.4 is 16.4 Å². The first kappa shape index (κ1) is 26.1. The molecule has 0 aliphatic carbocycles. The molecule has 11 nitrogen and oxygen atoms in total. The maximum atomic E-state index is 12.0. The fourth-order valence-corrected chi connectivity index (χ4v) is 4.91. The van der Waals surface area contributed by atoms with Crippen molar-refractivity contribution in [2.75, 3.05) is 36.8 Å². The van der Waals surface area contributed by atoms with Crippen molar-refractivity contribution in [2.24, 2.45) is 5.73 Å². The van der Waals surface area contributed by atoms with E-state index in [9.17, 15) is 14.4 Å². The van der Waals surface area contributed by atoms with E-state index in [0.717, 1.165) is 44.5 Å². The van der Waals surface area contributed by atoms with Gasteiger partial charge in [0.15, 0.2) is 11.5 Å². The van der Waals surface area contributed by atoms with Crippen LogP contribution in [0.15, 0.2) is 36.9 Å². The van der Waals surface area contributed by atoms with E-state index >= 15 is 0 Å². The second-order valence-electron chi connectivity index (χ2n) is 9.42. The summed E-state index contributed by atoms with van der Waals surface area (Å²) >= 11 is 0. The molecule has 37 heavy (non-hydrogen) atoms. The van der Waals surface area contributed by atoms with E-state index in [1.54, 1.807) is 4.90 Å². The quantitative estimate of drug-likeness (QED) is 0.463. The Morgan fingerprint density at radius 3 is 2.46 bits per heavy atom. The average Bonchev–Trinajstić information content (AvgIpc) is 2.93. The van der Waals surface area contributed by atoms with Gasteiger partial charge in [-0.25, -0.2) is 0 Å². The van der Waals surface area contributed by atoms with Crippen molar-refractivity contribution in [3.8, 4) is 0 Å². The van der Waals surface area contributed by atoms with Gasteiger partial charge in [-0.1, -0.05) is 25.6 Å². The maximum Gasteiger partial charge on any atom is 0.273 e. The van der Waals surface area contributed by atoms with Crippen LogP contribution in [0.4, 0.5) is 17.5 Å². The molecule has 4 N–H and O–H groups in total. The first-order valence-corrected chi connectivity index (χ1v) is 12.7. The second kappa shape index (κ2) is 11.8. The highest BCUT2D eigenvalue weighted by atomic mass is 16.2. The minimum absolute atomic E-state index is 0.0509. The van der Waals surface area contributed by atoms with Gasteiger partial charge in [-0.15, -0.1) is 10.2 Å². The molecule has 2 fully saturated rings. The van der Waals surface area contributed by atoms with Crippen molar-refractivity contribution < 1.29 is 14.4 Å². The highest BCUT2D eigenvalue weighted by Gasteiger charge is 2.25. The summed E-state index contributed by atoms with van der Waals surface area (Å²) in [5, 5.41) is 14.4. The molecule has 11 heteroatoms. The van der Waals surface area contributed by atoms with Gasteiger partial charge in [-0.3, -0.25) is 14.4 Å². The fourth-order valence-electron chi connectivity index (χ4n) is 4.91. The van der Waals surface area contributed by atoms with E-state index < -0.39 is 5.91 Å². The molecule has 1 aromatic heterocycles. The number of rotatable bonds is 8. The number of primary amides is 1. The number of piperidine rings is 2. The van der Waals surface area contributed by atoms with Gasteiger partial charge >= 0.3 is 0 Å². The van der Waals surface area contributed by atoms with Gasteiger partial charge in [0, 0.05) is 44.3 Å². The zero-order valence-corrected chi connectivity index (χ0v) is 21.2. The molecule has 1 aromatic carbocycles. The van der Waals surface area contributed by atoms with E-state index in [2.05, 4.69) is 44.5 Å². The number of benzene rings is 1. The molecular weight excluding hydrogens is 472 g/mol.